The van der Waals surface area contributed by atoms with Gasteiger partial charge in [-0.05, 0) is 43.3 Å². The SMILES string of the molecule is Cc1ccc(C(=O)Nc2ccccc2C(=O)N/N=C\c2ccc(O)cc2O)cc1. The Balaban J connectivity index is 1.72. The zero-order valence-corrected chi connectivity index (χ0v) is 15.6. The van der Waals surface area contributed by atoms with Crippen molar-refractivity contribution in [1.82, 2.24) is 5.43 Å². The first-order valence-corrected chi connectivity index (χ1v) is 8.76. The molecule has 0 aromatic heterocycles. The standard InChI is InChI=1S/C22H19N3O4/c1-14-6-8-15(9-7-14)21(28)24-19-5-3-2-4-18(19)22(29)25-23-13-16-10-11-17(26)12-20(16)27/h2-13,26-27H,1H3,(H,24,28)(H,25,29)/b23-13-. The number of nitrogens with one attached hydrogen (secondary N) is 2. The summed E-state index contributed by atoms with van der Waals surface area (Å²) in [6.45, 7) is 1.93. The highest BCUT2D eigenvalue weighted by molar-refractivity contribution is 6.09. The van der Waals surface area contributed by atoms with Crippen molar-refractivity contribution in [3.05, 3.63) is 89.0 Å². The molecule has 0 aliphatic carbocycles. The van der Waals surface area contributed by atoms with E-state index in [1.165, 1.54) is 24.4 Å². The van der Waals surface area contributed by atoms with Gasteiger partial charge >= 0.3 is 0 Å². The van der Waals surface area contributed by atoms with Crippen molar-refractivity contribution in [3.63, 3.8) is 0 Å². The third kappa shape index (κ3) is 4.98. The zero-order chi connectivity index (χ0) is 20.8. The molecule has 0 aliphatic rings. The van der Waals surface area contributed by atoms with Crippen LogP contribution >= 0.6 is 0 Å². The number of amides is 2. The van der Waals surface area contributed by atoms with E-state index in [-0.39, 0.29) is 23.0 Å². The summed E-state index contributed by atoms with van der Waals surface area (Å²) in [5.74, 6) is -1.11. The van der Waals surface area contributed by atoms with Gasteiger partial charge in [-0.15, -0.1) is 0 Å². The zero-order valence-electron chi connectivity index (χ0n) is 15.6. The Morgan fingerprint density at radius 1 is 0.931 bits per heavy atom. The number of carbonyl (C=O) groups is 2. The van der Waals surface area contributed by atoms with Crippen LogP contribution in [-0.4, -0.2) is 28.2 Å². The minimum absolute atomic E-state index is 0.0815. The van der Waals surface area contributed by atoms with Crippen molar-refractivity contribution in [1.29, 1.82) is 0 Å². The summed E-state index contributed by atoms with van der Waals surface area (Å²) in [7, 11) is 0. The van der Waals surface area contributed by atoms with Gasteiger partial charge in [0.15, 0.2) is 0 Å². The number of benzene rings is 3. The van der Waals surface area contributed by atoms with Crippen LogP contribution in [0.5, 0.6) is 11.5 Å². The van der Waals surface area contributed by atoms with Crippen LogP contribution in [0, 0.1) is 6.92 Å². The molecule has 7 nitrogen and oxygen atoms in total. The molecule has 0 aliphatic heterocycles. The summed E-state index contributed by atoms with van der Waals surface area (Å²) in [4.78, 5) is 24.9. The number of phenolic OH excluding ortho intramolecular Hbond substituents is 2. The molecule has 0 bridgehead atoms. The fraction of sp³-hybridized carbons (Fsp3) is 0.0455. The number of carbonyl (C=O) groups excluding carboxylic acids is 2. The van der Waals surface area contributed by atoms with Crippen molar-refractivity contribution in [2.24, 2.45) is 5.10 Å². The molecule has 0 saturated heterocycles. The van der Waals surface area contributed by atoms with Gasteiger partial charge in [-0.3, -0.25) is 9.59 Å². The Labute approximate surface area is 167 Å². The molecule has 0 radical (unpaired) electrons. The molecule has 0 saturated carbocycles. The van der Waals surface area contributed by atoms with Crippen molar-refractivity contribution >= 4 is 23.7 Å². The predicted molar refractivity (Wildman–Crippen MR) is 110 cm³/mol. The summed E-state index contributed by atoms with van der Waals surface area (Å²) >= 11 is 0. The molecule has 3 rings (SSSR count). The van der Waals surface area contributed by atoms with Gasteiger partial charge < -0.3 is 15.5 Å². The van der Waals surface area contributed by atoms with Gasteiger partial charge in [0.1, 0.15) is 11.5 Å². The quantitative estimate of drug-likeness (QED) is 0.396. The van der Waals surface area contributed by atoms with Gasteiger partial charge in [-0.1, -0.05) is 29.8 Å². The van der Waals surface area contributed by atoms with E-state index in [2.05, 4.69) is 15.8 Å². The number of para-hydroxylation sites is 1. The second kappa shape index (κ2) is 8.71. The first-order valence-electron chi connectivity index (χ1n) is 8.76. The highest BCUT2D eigenvalue weighted by atomic mass is 16.3. The molecular weight excluding hydrogens is 370 g/mol. The van der Waals surface area contributed by atoms with Gasteiger partial charge in [-0.2, -0.15) is 5.10 Å². The average molecular weight is 389 g/mol. The Hall–Kier alpha value is -4.13. The van der Waals surface area contributed by atoms with Crippen LogP contribution in [0.1, 0.15) is 31.8 Å². The number of nitrogens with zero attached hydrogens (tertiary/aromatic N) is 1. The fourth-order valence-electron chi connectivity index (χ4n) is 2.55. The topological polar surface area (TPSA) is 111 Å². The van der Waals surface area contributed by atoms with Gasteiger partial charge in [0.25, 0.3) is 11.8 Å². The summed E-state index contributed by atoms with van der Waals surface area (Å²) in [5.41, 5.74) is 4.78. The van der Waals surface area contributed by atoms with Gasteiger partial charge in [0, 0.05) is 17.2 Å². The summed E-state index contributed by atoms with van der Waals surface area (Å²) in [6.07, 6.45) is 1.25. The van der Waals surface area contributed by atoms with Crippen LogP contribution < -0.4 is 10.7 Å². The average Bonchev–Trinajstić information content (AvgIpc) is 2.70. The molecular formula is C22H19N3O4. The lowest BCUT2D eigenvalue weighted by molar-refractivity contribution is 0.0956. The molecule has 4 N–H and O–H groups in total. The summed E-state index contributed by atoms with van der Waals surface area (Å²) < 4.78 is 0. The maximum Gasteiger partial charge on any atom is 0.273 e. The molecule has 2 amide bonds. The first kappa shape index (κ1) is 19.6. The van der Waals surface area contributed by atoms with E-state index >= 15 is 0 Å². The van der Waals surface area contributed by atoms with E-state index in [1.807, 2.05) is 19.1 Å². The number of hydrogen-bond acceptors (Lipinski definition) is 5. The van der Waals surface area contributed by atoms with Crippen molar-refractivity contribution in [3.8, 4) is 11.5 Å². The van der Waals surface area contributed by atoms with Crippen LogP contribution in [0.25, 0.3) is 0 Å². The third-order valence-corrected chi connectivity index (χ3v) is 4.12. The van der Waals surface area contributed by atoms with E-state index in [0.29, 0.717) is 16.8 Å². The molecule has 0 heterocycles. The van der Waals surface area contributed by atoms with Crippen LogP contribution in [0.2, 0.25) is 0 Å². The van der Waals surface area contributed by atoms with Gasteiger partial charge in [0.2, 0.25) is 0 Å². The largest absolute Gasteiger partial charge is 0.508 e. The molecule has 3 aromatic carbocycles. The number of rotatable bonds is 5. The highest BCUT2D eigenvalue weighted by Gasteiger charge is 2.13. The second-order valence-corrected chi connectivity index (χ2v) is 6.31. The van der Waals surface area contributed by atoms with Crippen LogP contribution in [0.4, 0.5) is 5.69 Å². The van der Waals surface area contributed by atoms with E-state index in [4.69, 9.17) is 0 Å². The Bertz CT molecular complexity index is 1080. The van der Waals surface area contributed by atoms with E-state index < -0.39 is 5.91 Å². The molecule has 0 fully saturated rings. The molecule has 7 heteroatoms. The molecule has 146 valence electrons. The Kier molecular flexibility index (Phi) is 5.89. The molecule has 3 aromatic rings. The fourth-order valence-corrected chi connectivity index (χ4v) is 2.55. The molecule has 0 atom stereocenters. The lowest BCUT2D eigenvalue weighted by atomic mass is 10.1. The van der Waals surface area contributed by atoms with Crippen LogP contribution in [-0.2, 0) is 0 Å². The summed E-state index contributed by atoms with van der Waals surface area (Å²) in [5, 5.41) is 25.6. The Morgan fingerprint density at radius 2 is 1.66 bits per heavy atom. The second-order valence-electron chi connectivity index (χ2n) is 6.31. The van der Waals surface area contributed by atoms with Crippen LogP contribution in [0.3, 0.4) is 0 Å². The maximum atomic E-state index is 12.5. The number of aryl methyl sites for hydroxylation is 1. The first-order chi connectivity index (χ1) is 13.9. The lowest BCUT2D eigenvalue weighted by Crippen LogP contribution is -2.21. The van der Waals surface area contributed by atoms with Crippen molar-refractivity contribution < 1.29 is 19.8 Å². The van der Waals surface area contributed by atoms with Crippen LogP contribution in [0.15, 0.2) is 71.8 Å². The third-order valence-electron chi connectivity index (χ3n) is 4.12. The Morgan fingerprint density at radius 3 is 2.38 bits per heavy atom. The monoisotopic (exact) mass is 389 g/mol. The smallest absolute Gasteiger partial charge is 0.273 e. The predicted octanol–water partition coefficient (Wildman–Crippen LogP) is 3.42. The number of aromatic hydroxyl groups is 2. The van der Waals surface area contributed by atoms with E-state index in [0.717, 1.165) is 5.56 Å². The molecule has 0 spiro atoms. The lowest BCUT2D eigenvalue weighted by Gasteiger charge is -2.10. The minimum Gasteiger partial charge on any atom is -0.508 e. The highest BCUT2D eigenvalue weighted by Crippen LogP contribution is 2.21. The maximum absolute atomic E-state index is 12.5. The number of anilines is 1. The number of hydrazone groups is 1. The van der Waals surface area contributed by atoms with Gasteiger partial charge in [-0.25, -0.2) is 5.43 Å². The summed E-state index contributed by atoms with van der Waals surface area (Å²) in [6, 6.07) is 17.7. The van der Waals surface area contributed by atoms with Crippen molar-refractivity contribution in [2.75, 3.05) is 5.32 Å². The normalized spacial score (nSPS) is 10.7. The van der Waals surface area contributed by atoms with E-state index in [1.54, 1.807) is 36.4 Å². The van der Waals surface area contributed by atoms with Gasteiger partial charge in [0.05, 0.1) is 17.5 Å². The van der Waals surface area contributed by atoms with Crippen molar-refractivity contribution in [2.45, 2.75) is 6.92 Å². The number of hydrogen-bond donors (Lipinski definition) is 4. The minimum atomic E-state index is -0.528. The molecule has 0 unspecified atom stereocenters. The number of phenols is 2. The molecule has 29 heavy (non-hydrogen) atoms. The van der Waals surface area contributed by atoms with E-state index in [9.17, 15) is 19.8 Å².